The number of Topliss-reactive ketones (excluding diaryl/α,β-unsaturated/α-hetero) is 1. The van der Waals surface area contributed by atoms with E-state index in [0.717, 1.165) is 15.3 Å². The molecule has 28 heavy (non-hydrogen) atoms. The van der Waals surface area contributed by atoms with E-state index in [4.69, 9.17) is 11.6 Å². The van der Waals surface area contributed by atoms with Crippen molar-refractivity contribution in [2.75, 3.05) is 0 Å². The Balaban J connectivity index is 1.62. The number of carboxylic acid groups (broad SMARTS) is 1. The SMILES string of the molecule is O=C(Cc1csc(-c2ccc(Cl)cc2)c1C(=O)O)c1ccc(-c2cccs2)s1. The minimum Gasteiger partial charge on any atom is -0.478 e. The van der Waals surface area contributed by atoms with E-state index < -0.39 is 5.97 Å². The number of carbonyl (C=O) groups excluding carboxylic acids is 1. The Morgan fingerprint density at radius 1 is 0.964 bits per heavy atom. The molecule has 3 aromatic heterocycles. The minimum absolute atomic E-state index is 0.0656. The number of ketones is 1. The number of thiophene rings is 3. The van der Waals surface area contributed by atoms with Gasteiger partial charge in [-0.25, -0.2) is 4.79 Å². The molecule has 0 amide bonds. The van der Waals surface area contributed by atoms with Crippen molar-refractivity contribution in [3.05, 3.63) is 80.3 Å². The number of carboxylic acids is 1. The summed E-state index contributed by atoms with van der Waals surface area (Å²) in [7, 11) is 0. The van der Waals surface area contributed by atoms with Gasteiger partial charge in [-0.05, 0) is 52.2 Å². The van der Waals surface area contributed by atoms with Gasteiger partial charge in [-0.1, -0.05) is 29.8 Å². The normalized spacial score (nSPS) is 10.9. The second-order valence-corrected chi connectivity index (χ2v) is 9.37. The molecule has 1 aromatic carbocycles. The third-order valence-corrected chi connectivity index (χ3v) is 7.71. The van der Waals surface area contributed by atoms with E-state index in [1.165, 1.54) is 22.7 Å². The van der Waals surface area contributed by atoms with Gasteiger partial charge in [-0.15, -0.1) is 34.0 Å². The summed E-state index contributed by atoms with van der Waals surface area (Å²) in [5, 5.41) is 14.1. The number of hydrogen-bond donors (Lipinski definition) is 1. The number of benzene rings is 1. The van der Waals surface area contributed by atoms with Crippen molar-refractivity contribution in [1.29, 1.82) is 0 Å². The van der Waals surface area contributed by atoms with Crippen LogP contribution in [0.4, 0.5) is 0 Å². The molecule has 140 valence electrons. The lowest BCUT2D eigenvalue weighted by molar-refractivity contribution is 0.0697. The maximum absolute atomic E-state index is 12.8. The molecule has 4 rings (SSSR count). The third-order valence-electron chi connectivity index (χ3n) is 4.18. The fraction of sp³-hybridized carbons (Fsp3) is 0.0476. The number of halogens is 1. The van der Waals surface area contributed by atoms with Gasteiger partial charge in [0.1, 0.15) is 0 Å². The highest BCUT2D eigenvalue weighted by atomic mass is 35.5. The maximum atomic E-state index is 12.8. The topological polar surface area (TPSA) is 54.4 Å². The second kappa shape index (κ2) is 8.01. The summed E-state index contributed by atoms with van der Waals surface area (Å²) in [6, 6.07) is 14.8. The summed E-state index contributed by atoms with van der Waals surface area (Å²) < 4.78 is 0. The first-order valence-electron chi connectivity index (χ1n) is 8.29. The van der Waals surface area contributed by atoms with Gasteiger partial charge in [-0.2, -0.15) is 0 Å². The van der Waals surface area contributed by atoms with E-state index in [0.29, 0.717) is 20.3 Å². The Kier molecular flexibility index (Phi) is 5.46. The fourth-order valence-electron chi connectivity index (χ4n) is 2.87. The summed E-state index contributed by atoms with van der Waals surface area (Å²) in [5.74, 6) is -1.10. The highest BCUT2D eigenvalue weighted by molar-refractivity contribution is 7.22. The Hall–Kier alpha value is -2.25. The Morgan fingerprint density at radius 2 is 1.75 bits per heavy atom. The first-order chi connectivity index (χ1) is 13.5. The summed E-state index contributed by atoms with van der Waals surface area (Å²) >= 11 is 10.3. The van der Waals surface area contributed by atoms with Crippen LogP contribution in [-0.2, 0) is 6.42 Å². The summed E-state index contributed by atoms with van der Waals surface area (Å²) in [6.07, 6.45) is 0.0656. The van der Waals surface area contributed by atoms with Gasteiger partial charge in [0, 0.05) is 26.1 Å². The number of rotatable bonds is 6. The lowest BCUT2D eigenvalue weighted by Gasteiger charge is -2.03. The molecule has 0 radical (unpaired) electrons. The summed E-state index contributed by atoms with van der Waals surface area (Å²) in [6.45, 7) is 0. The Bertz CT molecular complexity index is 1140. The fourth-order valence-corrected chi connectivity index (χ4v) is 5.84. The molecule has 1 N–H and O–H groups in total. The molecular weight excluding hydrogens is 432 g/mol. The molecule has 0 saturated carbocycles. The summed E-state index contributed by atoms with van der Waals surface area (Å²) in [4.78, 5) is 28.1. The van der Waals surface area contributed by atoms with Gasteiger partial charge in [0.05, 0.1) is 10.4 Å². The van der Waals surface area contributed by atoms with Crippen molar-refractivity contribution in [3.63, 3.8) is 0 Å². The molecule has 0 aliphatic heterocycles. The van der Waals surface area contributed by atoms with Crippen LogP contribution in [0.1, 0.15) is 25.6 Å². The zero-order valence-electron chi connectivity index (χ0n) is 14.3. The van der Waals surface area contributed by atoms with Crippen molar-refractivity contribution in [1.82, 2.24) is 0 Å². The van der Waals surface area contributed by atoms with Crippen LogP contribution in [-0.4, -0.2) is 16.9 Å². The molecule has 0 saturated heterocycles. The van der Waals surface area contributed by atoms with Crippen molar-refractivity contribution >= 4 is 57.4 Å². The third kappa shape index (κ3) is 3.82. The Labute approximate surface area is 178 Å². The average Bonchev–Trinajstić information content (AvgIpc) is 3.42. The van der Waals surface area contributed by atoms with Crippen molar-refractivity contribution in [2.24, 2.45) is 0 Å². The molecule has 0 aliphatic rings. The smallest absolute Gasteiger partial charge is 0.337 e. The van der Waals surface area contributed by atoms with E-state index >= 15 is 0 Å². The lowest BCUT2D eigenvalue weighted by Crippen LogP contribution is -2.06. The van der Waals surface area contributed by atoms with E-state index in [1.54, 1.807) is 41.0 Å². The standard InChI is InChI=1S/C21H13ClO3S3/c22-14-5-3-12(4-6-14)20-19(21(24)25)13(11-27-20)10-15(23)16-7-8-18(28-16)17-2-1-9-26-17/h1-9,11H,10H2,(H,24,25). The van der Waals surface area contributed by atoms with Crippen LogP contribution in [0.15, 0.2) is 59.3 Å². The molecule has 0 unspecified atom stereocenters. The molecule has 0 bridgehead atoms. The Morgan fingerprint density at radius 3 is 2.43 bits per heavy atom. The van der Waals surface area contributed by atoms with Gasteiger partial charge < -0.3 is 5.11 Å². The molecule has 0 atom stereocenters. The molecule has 0 fully saturated rings. The first-order valence-corrected chi connectivity index (χ1v) is 11.2. The van der Waals surface area contributed by atoms with Crippen LogP contribution in [0.2, 0.25) is 5.02 Å². The zero-order chi connectivity index (χ0) is 19.7. The highest BCUT2D eigenvalue weighted by Gasteiger charge is 2.22. The van der Waals surface area contributed by atoms with Crippen molar-refractivity contribution < 1.29 is 14.7 Å². The van der Waals surface area contributed by atoms with Gasteiger partial charge in [0.25, 0.3) is 0 Å². The zero-order valence-corrected chi connectivity index (χ0v) is 17.6. The van der Waals surface area contributed by atoms with E-state index in [-0.39, 0.29) is 17.8 Å². The van der Waals surface area contributed by atoms with E-state index in [9.17, 15) is 14.7 Å². The van der Waals surface area contributed by atoms with Crippen molar-refractivity contribution in [2.45, 2.75) is 6.42 Å². The minimum atomic E-state index is -1.03. The first kappa shape index (κ1) is 19.1. The molecule has 4 aromatic rings. The van der Waals surface area contributed by atoms with Gasteiger partial charge in [-0.3, -0.25) is 4.79 Å². The van der Waals surface area contributed by atoms with Gasteiger partial charge in [0.15, 0.2) is 5.78 Å². The lowest BCUT2D eigenvalue weighted by atomic mass is 10.0. The second-order valence-electron chi connectivity index (χ2n) is 6.02. The van der Waals surface area contributed by atoms with Crippen LogP contribution < -0.4 is 0 Å². The largest absolute Gasteiger partial charge is 0.478 e. The monoisotopic (exact) mass is 444 g/mol. The summed E-state index contributed by atoms with van der Waals surface area (Å²) in [5.41, 5.74) is 1.51. The number of carbonyl (C=O) groups is 2. The predicted molar refractivity (Wildman–Crippen MR) is 117 cm³/mol. The number of aromatic carboxylic acids is 1. The highest BCUT2D eigenvalue weighted by Crippen LogP contribution is 2.36. The molecular formula is C21H13ClO3S3. The quantitative estimate of drug-likeness (QED) is 0.326. The van der Waals surface area contributed by atoms with Crippen LogP contribution in [0.3, 0.4) is 0 Å². The van der Waals surface area contributed by atoms with E-state index in [2.05, 4.69) is 0 Å². The average molecular weight is 445 g/mol. The molecule has 0 aliphatic carbocycles. The van der Waals surface area contributed by atoms with Gasteiger partial charge in [0.2, 0.25) is 0 Å². The predicted octanol–water partition coefficient (Wildman–Crippen LogP) is 6.98. The van der Waals surface area contributed by atoms with Gasteiger partial charge >= 0.3 is 5.97 Å². The molecule has 3 nitrogen and oxygen atoms in total. The van der Waals surface area contributed by atoms with Crippen molar-refractivity contribution in [3.8, 4) is 20.2 Å². The molecule has 7 heteroatoms. The van der Waals surface area contributed by atoms with Crippen LogP contribution in [0.5, 0.6) is 0 Å². The molecule has 3 heterocycles. The van der Waals surface area contributed by atoms with Crippen LogP contribution >= 0.6 is 45.6 Å². The maximum Gasteiger partial charge on any atom is 0.337 e. The number of hydrogen-bond acceptors (Lipinski definition) is 5. The van der Waals surface area contributed by atoms with E-state index in [1.807, 2.05) is 29.6 Å². The van der Waals surface area contributed by atoms with Crippen LogP contribution in [0, 0.1) is 0 Å². The van der Waals surface area contributed by atoms with Crippen LogP contribution in [0.25, 0.3) is 20.2 Å². The molecule has 0 spiro atoms.